The SMILES string of the molecule is CC(CCC(=O)O)NC(=O)N(C)C1CCS(=O)(=O)C1. The Balaban J connectivity index is 2.43. The van der Waals surface area contributed by atoms with Crippen LogP contribution < -0.4 is 5.32 Å². The van der Waals surface area contributed by atoms with E-state index in [4.69, 9.17) is 5.11 Å². The van der Waals surface area contributed by atoms with Crippen molar-refractivity contribution in [3.8, 4) is 0 Å². The van der Waals surface area contributed by atoms with E-state index in [2.05, 4.69) is 5.32 Å². The highest BCUT2D eigenvalue weighted by Crippen LogP contribution is 2.16. The van der Waals surface area contributed by atoms with E-state index in [9.17, 15) is 18.0 Å². The van der Waals surface area contributed by atoms with E-state index in [0.29, 0.717) is 12.8 Å². The van der Waals surface area contributed by atoms with Crippen LogP contribution in [0.1, 0.15) is 26.2 Å². The number of carboxylic acids is 1. The molecule has 0 aromatic carbocycles. The van der Waals surface area contributed by atoms with Gasteiger partial charge in [0, 0.05) is 25.6 Å². The lowest BCUT2D eigenvalue weighted by Gasteiger charge is -2.25. The van der Waals surface area contributed by atoms with Gasteiger partial charge in [-0.15, -0.1) is 0 Å². The van der Waals surface area contributed by atoms with Crippen LogP contribution in [-0.2, 0) is 14.6 Å². The summed E-state index contributed by atoms with van der Waals surface area (Å²) in [6, 6.07) is -0.916. The van der Waals surface area contributed by atoms with E-state index >= 15 is 0 Å². The Kier molecular flexibility index (Phi) is 5.16. The number of aliphatic carboxylic acids is 1. The molecular weight excluding hydrogens is 272 g/mol. The van der Waals surface area contributed by atoms with Crippen molar-refractivity contribution in [2.45, 2.75) is 38.3 Å². The number of carbonyl (C=O) groups is 2. The van der Waals surface area contributed by atoms with E-state index in [-0.39, 0.29) is 36.0 Å². The molecule has 19 heavy (non-hydrogen) atoms. The highest BCUT2D eigenvalue weighted by atomic mass is 32.2. The van der Waals surface area contributed by atoms with Gasteiger partial charge >= 0.3 is 12.0 Å². The van der Waals surface area contributed by atoms with Crippen molar-refractivity contribution in [1.29, 1.82) is 0 Å². The van der Waals surface area contributed by atoms with E-state index in [0.717, 1.165) is 0 Å². The van der Waals surface area contributed by atoms with Crippen molar-refractivity contribution >= 4 is 21.8 Å². The lowest BCUT2D eigenvalue weighted by Crippen LogP contribution is -2.47. The van der Waals surface area contributed by atoms with Crippen molar-refractivity contribution in [2.75, 3.05) is 18.6 Å². The topological polar surface area (TPSA) is 104 Å². The third-order valence-electron chi connectivity index (χ3n) is 3.24. The molecule has 1 fully saturated rings. The number of hydrogen-bond acceptors (Lipinski definition) is 4. The number of rotatable bonds is 5. The largest absolute Gasteiger partial charge is 0.481 e. The Labute approximate surface area is 112 Å². The van der Waals surface area contributed by atoms with Crippen LogP contribution in [0, 0.1) is 0 Å². The first kappa shape index (κ1) is 15.7. The minimum Gasteiger partial charge on any atom is -0.481 e. The van der Waals surface area contributed by atoms with Gasteiger partial charge in [0.05, 0.1) is 11.5 Å². The van der Waals surface area contributed by atoms with Crippen LogP contribution in [0.5, 0.6) is 0 Å². The maximum absolute atomic E-state index is 11.9. The van der Waals surface area contributed by atoms with Gasteiger partial charge in [0.1, 0.15) is 0 Å². The number of urea groups is 1. The molecule has 110 valence electrons. The van der Waals surface area contributed by atoms with Crippen molar-refractivity contribution in [1.82, 2.24) is 10.2 Å². The van der Waals surface area contributed by atoms with Gasteiger partial charge in [-0.3, -0.25) is 4.79 Å². The molecule has 0 bridgehead atoms. The van der Waals surface area contributed by atoms with Crippen LogP contribution in [0.2, 0.25) is 0 Å². The van der Waals surface area contributed by atoms with Gasteiger partial charge in [0.25, 0.3) is 0 Å². The standard InChI is InChI=1S/C11H20N2O5S/c1-8(3-4-10(14)15)12-11(16)13(2)9-5-6-19(17,18)7-9/h8-9H,3-7H2,1-2H3,(H,12,16)(H,14,15). The van der Waals surface area contributed by atoms with Gasteiger partial charge in [-0.1, -0.05) is 0 Å². The summed E-state index contributed by atoms with van der Waals surface area (Å²) in [7, 11) is -1.46. The number of carbonyl (C=O) groups excluding carboxylic acids is 1. The molecule has 1 rings (SSSR count). The lowest BCUT2D eigenvalue weighted by atomic mass is 10.2. The highest BCUT2D eigenvalue weighted by Gasteiger charge is 2.32. The summed E-state index contributed by atoms with van der Waals surface area (Å²) in [5.41, 5.74) is 0. The molecule has 0 saturated carbocycles. The third kappa shape index (κ3) is 5.06. The Morgan fingerprint density at radius 3 is 2.58 bits per heavy atom. The quantitative estimate of drug-likeness (QED) is 0.746. The molecule has 2 atom stereocenters. The zero-order valence-corrected chi connectivity index (χ0v) is 11.9. The Morgan fingerprint density at radius 2 is 2.11 bits per heavy atom. The summed E-state index contributed by atoms with van der Waals surface area (Å²) in [4.78, 5) is 23.7. The molecule has 2 amide bonds. The Morgan fingerprint density at radius 1 is 1.47 bits per heavy atom. The molecule has 0 aromatic rings. The predicted octanol–water partition coefficient (Wildman–Crippen LogP) is 0.0682. The van der Waals surface area contributed by atoms with Gasteiger partial charge in [0.2, 0.25) is 0 Å². The van der Waals surface area contributed by atoms with Crippen molar-refractivity contribution in [3.63, 3.8) is 0 Å². The van der Waals surface area contributed by atoms with Crippen molar-refractivity contribution in [2.24, 2.45) is 0 Å². The summed E-state index contributed by atoms with van der Waals surface area (Å²) in [6.07, 6.45) is 0.788. The molecule has 1 aliphatic rings. The maximum atomic E-state index is 11.9. The number of amides is 2. The number of nitrogens with one attached hydrogen (secondary N) is 1. The second-order valence-corrected chi connectivity index (χ2v) is 7.18. The fraction of sp³-hybridized carbons (Fsp3) is 0.818. The van der Waals surface area contributed by atoms with Crippen LogP contribution in [0.4, 0.5) is 4.79 Å². The molecule has 0 aliphatic carbocycles. The minimum absolute atomic E-state index is 0.000423. The van der Waals surface area contributed by atoms with Crippen LogP contribution in [-0.4, -0.2) is 61.1 Å². The van der Waals surface area contributed by atoms with Crippen LogP contribution in [0.25, 0.3) is 0 Å². The van der Waals surface area contributed by atoms with Crippen LogP contribution in [0.3, 0.4) is 0 Å². The minimum atomic E-state index is -3.02. The first-order chi connectivity index (χ1) is 8.71. The molecule has 2 unspecified atom stereocenters. The van der Waals surface area contributed by atoms with Gasteiger partial charge < -0.3 is 15.3 Å². The summed E-state index contributed by atoms with van der Waals surface area (Å²) >= 11 is 0. The van der Waals surface area contributed by atoms with Gasteiger partial charge in [-0.2, -0.15) is 0 Å². The molecule has 1 saturated heterocycles. The van der Waals surface area contributed by atoms with Crippen molar-refractivity contribution < 1.29 is 23.1 Å². The van der Waals surface area contributed by atoms with Crippen LogP contribution in [0.15, 0.2) is 0 Å². The number of sulfone groups is 1. The molecule has 0 radical (unpaired) electrons. The number of nitrogens with zero attached hydrogens (tertiary/aromatic N) is 1. The molecule has 8 heteroatoms. The molecule has 1 heterocycles. The summed E-state index contributed by atoms with van der Waals surface area (Å²) in [5.74, 6) is -0.791. The normalized spacial score (nSPS) is 22.7. The summed E-state index contributed by atoms with van der Waals surface area (Å²) in [5, 5.41) is 11.2. The number of carboxylic acid groups (broad SMARTS) is 1. The van der Waals surface area contributed by atoms with E-state index in [1.807, 2.05) is 0 Å². The molecular formula is C11H20N2O5S. The maximum Gasteiger partial charge on any atom is 0.317 e. The van der Waals surface area contributed by atoms with E-state index in [1.165, 1.54) is 4.90 Å². The first-order valence-electron chi connectivity index (χ1n) is 6.17. The van der Waals surface area contributed by atoms with Crippen molar-refractivity contribution in [3.05, 3.63) is 0 Å². The fourth-order valence-corrected chi connectivity index (χ4v) is 3.75. The smallest absolute Gasteiger partial charge is 0.317 e. The third-order valence-corrected chi connectivity index (χ3v) is 4.99. The molecule has 2 N–H and O–H groups in total. The van der Waals surface area contributed by atoms with Crippen LogP contribution >= 0.6 is 0 Å². The molecule has 0 aromatic heterocycles. The number of hydrogen-bond donors (Lipinski definition) is 2. The van der Waals surface area contributed by atoms with Gasteiger partial charge in [-0.25, -0.2) is 13.2 Å². The zero-order chi connectivity index (χ0) is 14.6. The Hall–Kier alpha value is -1.31. The summed E-state index contributed by atoms with van der Waals surface area (Å²) < 4.78 is 22.7. The predicted molar refractivity (Wildman–Crippen MR) is 69.7 cm³/mol. The average Bonchev–Trinajstić information content (AvgIpc) is 2.66. The average molecular weight is 292 g/mol. The molecule has 0 spiro atoms. The summed E-state index contributed by atoms with van der Waals surface area (Å²) in [6.45, 7) is 1.72. The fourth-order valence-electron chi connectivity index (χ4n) is 1.97. The van der Waals surface area contributed by atoms with E-state index < -0.39 is 15.8 Å². The lowest BCUT2D eigenvalue weighted by molar-refractivity contribution is -0.137. The highest BCUT2D eigenvalue weighted by molar-refractivity contribution is 7.91. The Bertz CT molecular complexity index is 448. The van der Waals surface area contributed by atoms with Gasteiger partial charge in [0.15, 0.2) is 9.84 Å². The first-order valence-corrected chi connectivity index (χ1v) is 7.99. The zero-order valence-electron chi connectivity index (χ0n) is 11.1. The molecule has 1 aliphatic heterocycles. The van der Waals surface area contributed by atoms with Gasteiger partial charge in [-0.05, 0) is 19.8 Å². The second kappa shape index (κ2) is 6.23. The van der Waals surface area contributed by atoms with E-state index in [1.54, 1.807) is 14.0 Å². The molecule has 7 nitrogen and oxygen atoms in total. The second-order valence-electron chi connectivity index (χ2n) is 4.95. The monoisotopic (exact) mass is 292 g/mol.